The van der Waals surface area contributed by atoms with E-state index in [-0.39, 0.29) is 0 Å². The molecule has 8 heteroatoms. The molecule has 0 saturated carbocycles. The van der Waals surface area contributed by atoms with E-state index in [1.54, 1.807) is 7.05 Å². The predicted octanol–water partition coefficient (Wildman–Crippen LogP) is 0.250. The highest BCUT2D eigenvalue weighted by Gasteiger charge is 2.13. The second kappa shape index (κ2) is 11.8. The second-order valence-corrected chi connectivity index (χ2v) is 6.57. The summed E-state index contributed by atoms with van der Waals surface area (Å²) in [6.45, 7) is 7.78. The zero-order chi connectivity index (χ0) is 16.1. The highest BCUT2D eigenvalue weighted by atomic mass is 32.2. The van der Waals surface area contributed by atoms with Gasteiger partial charge < -0.3 is 15.4 Å². The van der Waals surface area contributed by atoms with Gasteiger partial charge in [0.1, 0.15) is 0 Å². The molecule has 7 nitrogen and oxygen atoms in total. The molecule has 0 aliphatic heterocycles. The van der Waals surface area contributed by atoms with Crippen LogP contribution in [0.5, 0.6) is 0 Å². The van der Waals surface area contributed by atoms with Crippen molar-refractivity contribution in [3.63, 3.8) is 0 Å². The van der Waals surface area contributed by atoms with E-state index in [0.29, 0.717) is 19.6 Å². The average Bonchev–Trinajstić information content (AvgIpc) is 2.43. The summed E-state index contributed by atoms with van der Waals surface area (Å²) in [6, 6.07) is 0. The molecule has 0 radical (unpaired) electrons. The number of aliphatic imine (C=N–C) groups is 1. The number of rotatable bonds is 11. The van der Waals surface area contributed by atoms with E-state index in [0.717, 1.165) is 38.6 Å². The summed E-state index contributed by atoms with van der Waals surface area (Å²) < 4.78 is 29.6. The Morgan fingerprint density at radius 2 is 1.81 bits per heavy atom. The highest BCUT2D eigenvalue weighted by Crippen LogP contribution is 1.98. The molecule has 0 amide bonds. The van der Waals surface area contributed by atoms with Crippen LogP contribution >= 0.6 is 0 Å². The fraction of sp³-hybridized carbons (Fsp3) is 0.923. The van der Waals surface area contributed by atoms with Crippen LogP contribution in [0.2, 0.25) is 0 Å². The summed E-state index contributed by atoms with van der Waals surface area (Å²) in [5.41, 5.74) is 0. The van der Waals surface area contributed by atoms with Crippen molar-refractivity contribution >= 4 is 16.0 Å². The largest absolute Gasteiger partial charge is 0.382 e. The number of nitrogens with zero attached hydrogens (tertiary/aromatic N) is 2. The van der Waals surface area contributed by atoms with E-state index in [9.17, 15) is 8.42 Å². The smallest absolute Gasteiger partial charge is 0.211 e. The zero-order valence-corrected chi connectivity index (χ0v) is 14.5. The van der Waals surface area contributed by atoms with Gasteiger partial charge in [-0.1, -0.05) is 6.92 Å². The third-order valence-electron chi connectivity index (χ3n) is 2.88. The Labute approximate surface area is 129 Å². The minimum absolute atomic E-state index is 0.503. The van der Waals surface area contributed by atoms with Gasteiger partial charge in [0, 0.05) is 46.4 Å². The molecule has 0 aliphatic rings. The van der Waals surface area contributed by atoms with Crippen molar-refractivity contribution in [1.29, 1.82) is 0 Å². The van der Waals surface area contributed by atoms with Gasteiger partial charge in [-0.2, -0.15) is 0 Å². The third kappa shape index (κ3) is 10.5. The first-order chi connectivity index (χ1) is 9.95. The monoisotopic (exact) mass is 322 g/mol. The van der Waals surface area contributed by atoms with Gasteiger partial charge in [0.15, 0.2) is 5.96 Å². The number of ether oxygens (including phenoxy) is 1. The topological polar surface area (TPSA) is 83.0 Å². The van der Waals surface area contributed by atoms with E-state index in [4.69, 9.17) is 4.74 Å². The Morgan fingerprint density at radius 3 is 2.29 bits per heavy atom. The maximum atomic E-state index is 11.4. The molecular formula is C13H30N4O3S. The predicted molar refractivity (Wildman–Crippen MR) is 87.2 cm³/mol. The summed E-state index contributed by atoms with van der Waals surface area (Å²) in [7, 11) is -1.38. The van der Waals surface area contributed by atoms with Gasteiger partial charge in [-0.05, 0) is 19.8 Å². The Hall–Kier alpha value is -0.860. The molecule has 0 aliphatic carbocycles. The molecule has 0 bridgehead atoms. The molecule has 0 unspecified atom stereocenters. The van der Waals surface area contributed by atoms with Crippen LogP contribution in [0.1, 0.15) is 26.7 Å². The Bertz CT molecular complexity index is 385. The summed E-state index contributed by atoms with van der Waals surface area (Å²) in [5.74, 6) is 0.730. The summed E-state index contributed by atoms with van der Waals surface area (Å²) in [4.78, 5) is 4.11. The van der Waals surface area contributed by atoms with Crippen LogP contribution in [0.15, 0.2) is 4.99 Å². The Balaban J connectivity index is 3.82. The van der Waals surface area contributed by atoms with Crippen molar-refractivity contribution in [3.05, 3.63) is 0 Å². The van der Waals surface area contributed by atoms with E-state index in [1.165, 1.54) is 10.6 Å². The number of sulfonamides is 1. The van der Waals surface area contributed by atoms with Gasteiger partial charge in [0.25, 0.3) is 0 Å². The lowest BCUT2D eigenvalue weighted by atomic mass is 10.4. The van der Waals surface area contributed by atoms with Crippen LogP contribution < -0.4 is 10.6 Å². The Kier molecular flexibility index (Phi) is 11.3. The number of hydrogen-bond donors (Lipinski definition) is 2. The van der Waals surface area contributed by atoms with Crippen molar-refractivity contribution in [2.45, 2.75) is 26.7 Å². The van der Waals surface area contributed by atoms with Crippen LogP contribution in [0, 0.1) is 0 Å². The van der Waals surface area contributed by atoms with E-state index < -0.39 is 10.0 Å². The van der Waals surface area contributed by atoms with Crippen molar-refractivity contribution in [2.75, 3.05) is 52.7 Å². The molecule has 0 spiro atoms. The van der Waals surface area contributed by atoms with Crippen LogP contribution in [0.25, 0.3) is 0 Å². The molecule has 0 aromatic rings. The van der Waals surface area contributed by atoms with E-state index in [1.807, 2.05) is 13.8 Å². The molecular weight excluding hydrogens is 292 g/mol. The van der Waals surface area contributed by atoms with Gasteiger partial charge in [-0.25, -0.2) is 12.7 Å². The summed E-state index contributed by atoms with van der Waals surface area (Å²) >= 11 is 0. The lowest BCUT2D eigenvalue weighted by Gasteiger charge is -2.18. The SMILES string of the molecule is CCOCCCNC(=NC)NCCCN(CC)S(C)(=O)=O. The molecule has 0 fully saturated rings. The van der Waals surface area contributed by atoms with E-state index >= 15 is 0 Å². The maximum Gasteiger partial charge on any atom is 0.211 e. The fourth-order valence-corrected chi connectivity index (χ4v) is 2.70. The maximum absolute atomic E-state index is 11.4. The van der Waals surface area contributed by atoms with Crippen molar-refractivity contribution in [2.24, 2.45) is 4.99 Å². The van der Waals surface area contributed by atoms with Crippen molar-refractivity contribution in [1.82, 2.24) is 14.9 Å². The van der Waals surface area contributed by atoms with Gasteiger partial charge in [0.2, 0.25) is 10.0 Å². The fourth-order valence-electron chi connectivity index (χ4n) is 1.77. The molecule has 2 N–H and O–H groups in total. The number of nitrogens with one attached hydrogen (secondary N) is 2. The first kappa shape index (κ1) is 20.1. The number of hydrogen-bond acceptors (Lipinski definition) is 4. The molecule has 126 valence electrons. The minimum atomic E-state index is -3.10. The second-order valence-electron chi connectivity index (χ2n) is 4.58. The van der Waals surface area contributed by atoms with Crippen LogP contribution in [0.3, 0.4) is 0 Å². The van der Waals surface area contributed by atoms with Crippen molar-refractivity contribution < 1.29 is 13.2 Å². The summed E-state index contributed by atoms with van der Waals surface area (Å²) in [5, 5.41) is 6.36. The molecule has 0 aromatic carbocycles. The minimum Gasteiger partial charge on any atom is -0.382 e. The third-order valence-corrected chi connectivity index (χ3v) is 4.26. The standard InChI is InChI=1S/C13H30N4O3S/c1-5-17(21(4,18)19)11-7-9-15-13(14-3)16-10-8-12-20-6-2/h5-12H2,1-4H3,(H2,14,15,16). The quantitative estimate of drug-likeness (QED) is 0.324. The van der Waals surface area contributed by atoms with Crippen LogP contribution in [-0.2, 0) is 14.8 Å². The number of guanidine groups is 1. The lowest BCUT2D eigenvalue weighted by molar-refractivity contribution is 0.145. The van der Waals surface area contributed by atoms with Crippen molar-refractivity contribution in [3.8, 4) is 0 Å². The van der Waals surface area contributed by atoms with E-state index in [2.05, 4.69) is 15.6 Å². The van der Waals surface area contributed by atoms with Gasteiger partial charge >= 0.3 is 0 Å². The highest BCUT2D eigenvalue weighted by molar-refractivity contribution is 7.88. The first-order valence-electron chi connectivity index (χ1n) is 7.43. The molecule has 0 aromatic heterocycles. The average molecular weight is 322 g/mol. The molecule has 21 heavy (non-hydrogen) atoms. The zero-order valence-electron chi connectivity index (χ0n) is 13.7. The summed E-state index contributed by atoms with van der Waals surface area (Å²) in [6.07, 6.45) is 2.90. The lowest BCUT2D eigenvalue weighted by Crippen LogP contribution is -2.40. The van der Waals surface area contributed by atoms with Gasteiger partial charge in [-0.3, -0.25) is 4.99 Å². The Morgan fingerprint density at radius 1 is 1.19 bits per heavy atom. The van der Waals surface area contributed by atoms with Crippen LogP contribution in [-0.4, -0.2) is 71.4 Å². The molecule has 0 atom stereocenters. The van der Waals surface area contributed by atoms with Gasteiger partial charge in [0.05, 0.1) is 6.26 Å². The molecule has 0 heterocycles. The molecule has 0 saturated heterocycles. The van der Waals surface area contributed by atoms with Crippen LogP contribution in [0.4, 0.5) is 0 Å². The van der Waals surface area contributed by atoms with Gasteiger partial charge in [-0.15, -0.1) is 0 Å². The normalized spacial score (nSPS) is 12.7. The molecule has 0 rings (SSSR count). The first-order valence-corrected chi connectivity index (χ1v) is 9.27.